The molecule has 2 heteroatoms. The molecule has 0 aliphatic rings. The van der Waals surface area contributed by atoms with Crippen molar-refractivity contribution in [3.05, 3.63) is 0 Å². The van der Waals surface area contributed by atoms with E-state index in [0.717, 1.165) is 19.8 Å². The zero-order valence-electron chi connectivity index (χ0n) is 9.63. The van der Waals surface area contributed by atoms with Crippen LogP contribution in [0.3, 0.4) is 0 Å². The molecule has 0 aromatic rings. The van der Waals surface area contributed by atoms with Crippen LogP contribution in [0, 0.1) is 11.8 Å². The number of nitrogens with zero attached hydrogens (tertiary/aromatic N) is 1. The maximum Gasteiger partial charge on any atom is 0.0661 e. The molecule has 78 valence electrons. The first-order valence-corrected chi connectivity index (χ1v) is 5.12. The van der Waals surface area contributed by atoms with Crippen molar-refractivity contribution in [2.24, 2.45) is 16.8 Å². The molecule has 0 fully saturated rings. The van der Waals surface area contributed by atoms with Crippen LogP contribution < -0.4 is 0 Å². The van der Waals surface area contributed by atoms with E-state index in [-0.39, 0.29) is 0 Å². The maximum absolute atomic E-state index is 5.42. The second-order valence-electron chi connectivity index (χ2n) is 4.15. The fourth-order valence-corrected chi connectivity index (χ4v) is 0.788. The minimum atomic E-state index is 0.560. The van der Waals surface area contributed by atoms with Crippen LogP contribution >= 0.6 is 0 Å². The summed E-state index contributed by atoms with van der Waals surface area (Å²) >= 11 is 0. The normalized spacial score (nSPS) is 13.0. The van der Waals surface area contributed by atoms with Gasteiger partial charge in [-0.05, 0) is 18.8 Å². The molecule has 0 rings (SSSR count). The van der Waals surface area contributed by atoms with E-state index in [9.17, 15) is 0 Å². The molecule has 0 bridgehead atoms. The van der Waals surface area contributed by atoms with Crippen molar-refractivity contribution in [1.82, 2.24) is 0 Å². The molecule has 0 saturated carbocycles. The molecule has 2 nitrogen and oxygen atoms in total. The highest BCUT2D eigenvalue weighted by molar-refractivity contribution is 5.83. The first-order valence-electron chi connectivity index (χ1n) is 5.12. The summed E-state index contributed by atoms with van der Waals surface area (Å²) < 4.78 is 5.42. The molecule has 0 atom stereocenters. The molecule has 0 aromatic carbocycles. The third kappa shape index (κ3) is 7.97. The van der Waals surface area contributed by atoms with Gasteiger partial charge in [-0.15, -0.1) is 0 Å². The van der Waals surface area contributed by atoms with Crippen LogP contribution in [0.2, 0.25) is 0 Å². The summed E-state index contributed by atoms with van der Waals surface area (Å²) in [5, 5.41) is 0. The molecule has 0 aliphatic heterocycles. The van der Waals surface area contributed by atoms with E-state index < -0.39 is 0 Å². The standard InChI is InChI=1S/C11H23NO/c1-9(2)8-13-7-6-12-11(5)10(3)4/h9-10H,6-8H2,1-5H3. The Balaban J connectivity index is 3.39. The first kappa shape index (κ1) is 12.6. The van der Waals surface area contributed by atoms with Gasteiger partial charge in [0.05, 0.1) is 13.2 Å². The number of rotatable bonds is 6. The van der Waals surface area contributed by atoms with Gasteiger partial charge in [-0.25, -0.2) is 0 Å². The van der Waals surface area contributed by atoms with Crippen molar-refractivity contribution in [1.29, 1.82) is 0 Å². The van der Waals surface area contributed by atoms with Crippen LogP contribution in [-0.4, -0.2) is 25.5 Å². The fourth-order valence-electron chi connectivity index (χ4n) is 0.788. The summed E-state index contributed by atoms with van der Waals surface area (Å²) in [5.41, 5.74) is 1.22. The smallest absolute Gasteiger partial charge is 0.0661 e. The zero-order chi connectivity index (χ0) is 10.3. The minimum absolute atomic E-state index is 0.560. The van der Waals surface area contributed by atoms with Crippen LogP contribution in [0.4, 0.5) is 0 Å². The highest BCUT2D eigenvalue weighted by Crippen LogP contribution is 1.96. The summed E-state index contributed by atoms with van der Waals surface area (Å²) in [6.45, 7) is 13.1. The van der Waals surface area contributed by atoms with E-state index in [0.29, 0.717) is 11.8 Å². The van der Waals surface area contributed by atoms with Gasteiger partial charge < -0.3 is 4.74 Å². The lowest BCUT2D eigenvalue weighted by molar-refractivity contribution is 0.117. The van der Waals surface area contributed by atoms with Gasteiger partial charge in [0.15, 0.2) is 0 Å². The van der Waals surface area contributed by atoms with E-state index in [1.165, 1.54) is 5.71 Å². The number of aliphatic imine (C=N–C) groups is 1. The summed E-state index contributed by atoms with van der Waals surface area (Å²) in [6, 6.07) is 0. The third-order valence-electron chi connectivity index (χ3n) is 1.88. The van der Waals surface area contributed by atoms with Gasteiger partial charge in [0, 0.05) is 12.3 Å². The zero-order valence-corrected chi connectivity index (χ0v) is 9.63. The van der Waals surface area contributed by atoms with Gasteiger partial charge in [0.2, 0.25) is 0 Å². The molecular formula is C11H23NO. The number of ether oxygens (including phenoxy) is 1. The van der Waals surface area contributed by atoms with E-state index in [4.69, 9.17) is 4.74 Å². The van der Waals surface area contributed by atoms with Crippen molar-refractivity contribution < 1.29 is 4.74 Å². The van der Waals surface area contributed by atoms with Crippen molar-refractivity contribution in [3.8, 4) is 0 Å². The Bertz CT molecular complexity index is 150. The molecule has 13 heavy (non-hydrogen) atoms. The Labute approximate surface area is 82.4 Å². The largest absolute Gasteiger partial charge is 0.379 e. The minimum Gasteiger partial charge on any atom is -0.379 e. The Hall–Kier alpha value is -0.370. The van der Waals surface area contributed by atoms with Crippen LogP contribution in [0.5, 0.6) is 0 Å². The predicted octanol–water partition coefficient (Wildman–Crippen LogP) is 2.78. The van der Waals surface area contributed by atoms with Crippen LogP contribution in [-0.2, 0) is 4.74 Å². The quantitative estimate of drug-likeness (QED) is 0.460. The number of hydrogen-bond donors (Lipinski definition) is 0. The molecule has 0 N–H and O–H groups in total. The van der Waals surface area contributed by atoms with Crippen LogP contribution in [0.25, 0.3) is 0 Å². The van der Waals surface area contributed by atoms with Gasteiger partial charge in [0.25, 0.3) is 0 Å². The lowest BCUT2D eigenvalue weighted by atomic mass is 10.1. The van der Waals surface area contributed by atoms with Crippen LogP contribution in [0.1, 0.15) is 34.6 Å². The fraction of sp³-hybridized carbons (Fsp3) is 0.909. The molecule has 0 amide bonds. The molecule has 0 aromatic heterocycles. The van der Waals surface area contributed by atoms with Gasteiger partial charge in [0.1, 0.15) is 0 Å². The van der Waals surface area contributed by atoms with Gasteiger partial charge in [-0.1, -0.05) is 27.7 Å². The molecule has 0 saturated heterocycles. The Morgan fingerprint density at radius 1 is 1.23 bits per heavy atom. The highest BCUT2D eigenvalue weighted by atomic mass is 16.5. The van der Waals surface area contributed by atoms with Crippen molar-refractivity contribution in [2.45, 2.75) is 34.6 Å². The molecule has 0 radical (unpaired) electrons. The Kier molecular flexibility index (Phi) is 6.87. The van der Waals surface area contributed by atoms with Gasteiger partial charge >= 0.3 is 0 Å². The highest BCUT2D eigenvalue weighted by Gasteiger charge is 1.97. The van der Waals surface area contributed by atoms with Gasteiger partial charge in [-0.3, -0.25) is 4.99 Å². The second-order valence-corrected chi connectivity index (χ2v) is 4.15. The average Bonchev–Trinajstić information content (AvgIpc) is 2.02. The molecule has 0 heterocycles. The van der Waals surface area contributed by atoms with Crippen LogP contribution in [0.15, 0.2) is 4.99 Å². The monoisotopic (exact) mass is 185 g/mol. The van der Waals surface area contributed by atoms with Crippen molar-refractivity contribution in [3.63, 3.8) is 0 Å². The van der Waals surface area contributed by atoms with Gasteiger partial charge in [-0.2, -0.15) is 0 Å². The lowest BCUT2D eigenvalue weighted by Crippen LogP contribution is -2.08. The number of hydrogen-bond acceptors (Lipinski definition) is 2. The predicted molar refractivity (Wildman–Crippen MR) is 58.5 cm³/mol. The topological polar surface area (TPSA) is 21.6 Å². The SMILES string of the molecule is CC(=NCCOCC(C)C)C(C)C. The van der Waals surface area contributed by atoms with Crippen molar-refractivity contribution in [2.75, 3.05) is 19.8 Å². The van der Waals surface area contributed by atoms with E-state index >= 15 is 0 Å². The Morgan fingerprint density at radius 3 is 2.31 bits per heavy atom. The molecule has 0 spiro atoms. The van der Waals surface area contributed by atoms with E-state index in [1.54, 1.807) is 0 Å². The average molecular weight is 185 g/mol. The second kappa shape index (κ2) is 7.07. The summed E-state index contributed by atoms with van der Waals surface area (Å²) in [5.74, 6) is 1.18. The third-order valence-corrected chi connectivity index (χ3v) is 1.88. The summed E-state index contributed by atoms with van der Waals surface area (Å²) in [7, 11) is 0. The Morgan fingerprint density at radius 2 is 1.85 bits per heavy atom. The van der Waals surface area contributed by atoms with E-state index in [2.05, 4.69) is 39.6 Å². The molecule has 0 unspecified atom stereocenters. The van der Waals surface area contributed by atoms with Crippen molar-refractivity contribution >= 4 is 5.71 Å². The molecular weight excluding hydrogens is 162 g/mol. The van der Waals surface area contributed by atoms with E-state index in [1.807, 2.05) is 0 Å². The first-order chi connectivity index (χ1) is 6.04. The summed E-state index contributed by atoms with van der Waals surface area (Å²) in [6.07, 6.45) is 0. The maximum atomic E-state index is 5.42. The lowest BCUT2D eigenvalue weighted by Gasteiger charge is -2.06. The summed E-state index contributed by atoms with van der Waals surface area (Å²) in [4.78, 5) is 4.41. The molecule has 0 aliphatic carbocycles.